The molecule has 0 aliphatic rings. The fraction of sp³-hybridized carbons (Fsp3) is 0.364. The van der Waals surface area contributed by atoms with E-state index in [0.29, 0.717) is 10.6 Å². The zero-order chi connectivity index (χ0) is 13.9. The summed E-state index contributed by atoms with van der Waals surface area (Å²) in [6.07, 6.45) is 0. The Morgan fingerprint density at radius 3 is 2.61 bits per heavy atom. The standard InChI is InChI=1S/C11H15ClN2O3S/c1-8-4-3-5-9(11(8)12)7-18(16,17)14(2)6-10(13)15/h3-5H,6-7H2,1-2H3,(H2,13,15). The van der Waals surface area contributed by atoms with Gasteiger partial charge in [-0.15, -0.1) is 0 Å². The Balaban J connectivity index is 2.96. The molecule has 0 radical (unpaired) electrons. The van der Waals surface area contributed by atoms with Crippen molar-refractivity contribution >= 4 is 27.5 Å². The van der Waals surface area contributed by atoms with Gasteiger partial charge < -0.3 is 5.73 Å². The van der Waals surface area contributed by atoms with Crippen LogP contribution in [0.5, 0.6) is 0 Å². The van der Waals surface area contributed by atoms with Gasteiger partial charge in [-0.2, -0.15) is 4.31 Å². The molecule has 0 fully saturated rings. The minimum absolute atomic E-state index is 0.253. The number of halogens is 1. The third kappa shape index (κ3) is 3.69. The molecule has 1 aromatic carbocycles. The number of benzene rings is 1. The molecule has 1 rings (SSSR count). The number of hydrogen-bond acceptors (Lipinski definition) is 3. The second-order valence-electron chi connectivity index (χ2n) is 4.03. The van der Waals surface area contributed by atoms with Crippen LogP contribution in [0.25, 0.3) is 0 Å². The van der Waals surface area contributed by atoms with Crippen molar-refractivity contribution in [1.29, 1.82) is 0 Å². The highest BCUT2D eigenvalue weighted by Crippen LogP contribution is 2.22. The van der Waals surface area contributed by atoms with Crippen LogP contribution in [0, 0.1) is 6.92 Å². The quantitative estimate of drug-likeness (QED) is 0.875. The second kappa shape index (κ2) is 5.69. The van der Waals surface area contributed by atoms with Gasteiger partial charge in [-0.1, -0.05) is 29.8 Å². The Morgan fingerprint density at radius 1 is 1.44 bits per heavy atom. The number of carbonyl (C=O) groups excluding carboxylic acids is 1. The number of carbonyl (C=O) groups is 1. The summed E-state index contributed by atoms with van der Waals surface area (Å²) in [5, 5.41) is 0.425. The van der Waals surface area contributed by atoms with E-state index in [2.05, 4.69) is 0 Å². The van der Waals surface area contributed by atoms with Crippen LogP contribution in [0.4, 0.5) is 0 Å². The van der Waals surface area contributed by atoms with E-state index < -0.39 is 15.9 Å². The molecule has 0 aliphatic heterocycles. The molecule has 0 aromatic heterocycles. The molecule has 0 spiro atoms. The van der Waals surface area contributed by atoms with Crippen LogP contribution in [-0.2, 0) is 20.6 Å². The third-order valence-electron chi connectivity index (χ3n) is 2.46. The SMILES string of the molecule is Cc1cccc(CS(=O)(=O)N(C)CC(N)=O)c1Cl. The van der Waals surface area contributed by atoms with Crippen molar-refractivity contribution in [3.05, 3.63) is 34.3 Å². The fourth-order valence-electron chi connectivity index (χ4n) is 1.44. The zero-order valence-corrected chi connectivity index (χ0v) is 11.8. The van der Waals surface area contributed by atoms with Crippen molar-refractivity contribution in [2.24, 2.45) is 5.73 Å². The Bertz CT molecular complexity index is 557. The minimum Gasteiger partial charge on any atom is -0.369 e. The molecule has 0 unspecified atom stereocenters. The van der Waals surface area contributed by atoms with E-state index in [9.17, 15) is 13.2 Å². The van der Waals surface area contributed by atoms with E-state index in [1.54, 1.807) is 25.1 Å². The van der Waals surface area contributed by atoms with Crippen molar-refractivity contribution in [1.82, 2.24) is 4.31 Å². The third-order valence-corrected chi connectivity index (χ3v) is 4.76. The predicted octanol–water partition coefficient (Wildman–Crippen LogP) is 0.895. The van der Waals surface area contributed by atoms with E-state index in [-0.39, 0.29) is 12.3 Å². The van der Waals surface area contributed by atoms with Crippen LogP contribution in [0.1, 0.15) is 11.1 Å². The normalized spacial score (nSPS) is 11.8. The Morgan fingerprint density at radius 2 is 2.06 bits per heavy atom. The van der Waals surface area contributed by atoms with Gasteiger partial charge in [0.25, 0.3) is 0 Å². The second-order valence-corrected chi connectivity index (χ2v) is 6.48. The summed E-state index contributed by atoms with van der Waals surface area (Å²) in [6, 6.07) is 5.18. The van der Waals surface area contributed by atoms with Crippen LogP contribution < -0.4 is 5.73 Å². The Labute approximate surface area is 112 Å². The highest BCUT2D eigenvalue weighted by molar-refractivity contribution is 7.88. The number of aryl methyl sites for hydroxylation is 1. The van der Waals surface area contributed by atoms with Crippen molar-refractivity contribution < 1.29 is 13.2 Å². The monoisotopic (exact) mass is 290 g/mol. The molecule has 0 saturated carbocycles. The number of rotatable bonds is 5. The fourth-order valence-corrected chi connectivity index (χ4v) is 2.89. The van der Waals surface area contributed by atoms with Gasteiger partial charge in [0.05, 0.1) is 12.3 Å². The van der Waals surface area contributed by atoms with Gasteiger partial charge in [-0.3, -0.25) is 4.79 Å². The lowest BCUT2D eigenvalue weighted by Crippen LogP contribution is -2.36. The zero-order valence-electron chi connectivity index (χ0n) is 10.2. The number of likely N-dealkylation sites (N-methyl/N-ethyl adjacent to an activating group) is 1. The van der Waals surface area contributed by atoms with E-state index in [1.165, 1.54) is 7.05 Å². The van der Waals surface area contributed by atoms with Crippen LogP contribution in [-0.4, -0.2) is 32.2 Å². The molecule has 7 heteroatoms. The summed E-state index contributed by atoms with van der Waals surface area (Å²) < 4.78 is 24.8. The molecular weight excluding hydrogens is 276 g/mol. The largest absolute Gasteiger partial charge is 0.369 e. The highest BCUT2D eigenvalue weighted by atomic mass is 35.5. The summed E-state index contributed by atoms with van der Waals surface area (Å²) in [5.74, 6) is -0.950. The highest BCUT2D eigenvalue weighted by Gasteiger charge is 2.21. The average molecular weight is 291 g/mol. The van der Waals surface area contributed by atoms with Crippen LogP contribution >= 0.6 is 11.6 Å². The number of primary amides is 1. The van der Waals surface area contributed by atoms with Gasteiger partial charge >= 0.3 is 0 Å². The molecule has 1 aromatic rings. The summed E-state index contributed by atoms with van der Waals surface area (Å²) in [4.78, 5) is 10.7. The molecule has 1 amide bonds. The van der Waals surface area contributed by atoms with Gasteiger partial charge in [0, 0.05) is 12.1 Å². The van der Waals surface area contributed by atoms with Gasteiger partial charge in [0.2, 0.25) is 15.9 Å². The first kappa shape index (κ1) is 14.9. The van der Waals surface area contributed by atoms with Crippen molar-refractivity contribution in [2.45, 2.75) is 12.7 Å². The molecular formula is C11H15ClN2O3S. The molecule has 2 N–H and O–H groups in total. The molecule has 18 heavy (non-hydrogen) atoms. The van der Waals surface area contributed by atoms with E-state index in [1.807, 2.05) is 0 Å². The average Bonchev–Trinajstić information content (AvgIpc) is 2.23. The Kier molecular flexibility index (Phi) is 4.72. The molecule has 0 bridgehead atoms. The molecule has 0 atom stereocenters. The molecule has 0 saturated heterocycles. The van der Waals surface area contributed by atoms with Crippen LogP contribution in [0.3, 0.4) is 0 Å². The Hall–Kier alpha value is -1.11. The molecule has 0 aliphatic carbocycles. The van der Waals surface area contributed by atoms with Crippen LogP contribution in [0.2, 0.25) is 5.02 Å². The summed E-state index contributed by atoms with van der Waals surface area (Å²) in [7, 11) is -2.29. The number of amides is 1. The molecule has 0 heterocycles. The van der Waals surface area contributed by atoms with Gasteiger partial charge in [-0.05, 0) is 18.1 Å². The maximum atomic E-state index is 12.0. The number of hydrogen-bond donors (Lipinski definition) is 1. The first-order chi connectivity index (χ1) is 8.24. The van der Waals surface area contributed by atoms with Crippen molar-refractivity contribution in [2.75, 3.05) is 13.6 Å². The van der Waals surface area contributed by atoms with Crippen LogP contribution in [0.15, 0.2) is 18.2 Å². The lowest BCUT2D eigenvalue weighted by Gasteiger charge is -2.16. The summed E-state index contributed by atoms with van der Waals surface area (Å²) in [6.45, 7) is 1.46. The maximum absolute atomic E-state index is 12.0. The van der Waals surface area contributed by atoms with Gasteiger partial charge in [0.1, 0.15) is 0 Å². The van der Waals surface area contributed by atoms with Gasteiger partial charge in [0.15, 0.2) is 0 Å². The molecule has 100 valence electrons. The smallest absolute Gasteiger partial charge is 0.232 e. The van der Waals surface area contributed by atoms with Gasteiger partial charge in [-0.25, -0.2) is 8.42 Å². The maximum Gasteiger partial charge on any atom is 0.232 e. The lowest BCUT2D eigenvalue weighted by molar-refractivity contribution is -0.118. The topological polar surface area (TPSA) is 80.5 Å². The molecule has 5 nitrogen and oxygen atoms in total. The predicted molar refractivity (Wildman–Crippen MR) is 70.6 cm³/mol. The van der Waals surface area contributed by atoms with Crippen molar-refractivity contribution in [3.63, 3.8) is 0 Å². The number of nitrogens with two attached hydrogens (primary N) is 1. The summed E-state index contributed by atoms with van der Waals surface area (Å²) in [5.41, 5.74) is 6.28. The van der Waals surface area contributed by atoms with E-state index in [0.717, 1.165) is 9.87 Å². The number of sulfonamides is 1. The van der Waals surface area contributed by atoms with Crippen molar-refractivity contribution in [3.8, 4) is 0 Å². The van der Waals surface area contributed by atoms with E-state index in [4.69, 9.17) is 17.3 Å². The number of nitrogens with zero attached hydrogens (tertiary/aromatic N) is 1. The summed E-state index contributed by atoms with van der Waals surface area (Å²) >= 11 is 6.04. The first-order valence-electron chi connectivity index (χ1n) is 5.20. The first-order valence-corrected chi connectivity index (χ1v) is 7.19. The lowest BCUT2D eigenvalue weighted by atomic mass is 10.2. The van der Waals surface area contributed by atoms with E-state index >= 15 is 0 Å². The minimum atomic E-state index is -3.60.